The van der Waals surface area contributed by atoms with Crippen molar-refractivity contribution >= 4 is 27.0 Å². The molecule has 1 saturated carbocycles. The number of benzene rings is 1. The van der Waals surface area contributed by atoms with Crippen LogP contribution in [0, 0.1) is 17.0 Å². The van der Waals surface area contributed by atoms with E-state index in [9.17, 15) is 18.5 Å². The zero-order valence-corrected chi connectivity index (χ0v) is 16.5. The largest absolute Gasteiger partial charge is 0.270 e. The molecule has 4 rings (SSSR count). The fourth-order valence-corrected chi connectivity index (χ4v) is 6.27. The van der Waals surface area contributed by atoms with Crippen molar-refractivity contribution in [2.75, 3.05) is 13.1 Å². The lowest BCUT2D eigenvalue weighted by Crippen LogP contribution is -2.38. The summed E-state index contributed by atoms with van der Waals surface area (Å²) in [6.45, 7) is 2.42. The van der Waals surface area contributed by atoms with E-state index in [1.54, 1.807) is 18.3 Å². The highest BCUT2D eigenvalue weighted by atomic mass is 32.2. The van der Waals surface area contributed by atoms with Gasteiger partial charge in [-0.05, 0) is 38.2 Å². The van der Waals surface area contributed by atoms with E-state index in [1.807, 2.05) is 0 Å². The van der Waals surface area contributed by atoms with Gasteiger partial charge in [0.2, 0.25) is 10.0 Å². The number of piperidine rings is 1. The molecular weight excluding hydrogens is 388 g/mol. The molecule has 0 amide bonds. The minimum Gasteiger partial charge on any atom is -0.258 e. The van der Waals surface area contributed by atoms with Crippen molar-refractivity contribution in [3.8, 4) is 0 Å². The van der Waals surface area contributed by atoms with E-state index in [0.29, 0.717) is 37.4 Å². The number of nitrogens with zero attached hydrogens (tertiary/aromatic N) is 4. The molecule has 2 fully saturated rings. The Morgan fingerprint density at radius 3 is 2.26 bits per heavy atom. The Hall–Kier alpha value is -1.91. The molecule has 8 nitrogen and oxygen atoms in total. The number of sulfonamides is 1. The topological polar surface area (TPSA) is 106 Å². The molecule has 27 heavy (non-hydrogen) atoms. The molecule has 2 heterocycles. The van der Waals surface area contributed by atoms with Crippen molar-refractivity contribution in [2.24, 2.45) is 0 Å². The second kappa shape index (κ2) is 6.92. The van der Waals surface area contributed by atoms with Crippen LogP contribution in [0.3, 0.4) is 0 Å². The first-order chi connectivity index (χ1) is 12.9. The number of nitro benzene ring substituents is 1. The monoisotopic (exact) mass is 408 g/mol. The molecule has 10 heteroatoms. The molecule has 1 saturated heterocycles. The van der Waals surface area contributed by atoms with Crippen molar-refractivity contribution < 1.29 is 13.3 Å². The first-order valence-electron chi connectivity index (χ1n) is 8.95. The predicted molar refractivity (Wildman–Crippen MR) is 100 cm³/mol. The van der Waals surface area contributed by atoms with Gasteiger partial charge in [0.1, 0.15) is 10.0 Å². The second-order valence-electron chi connectivity index (χ2n) is 7.14. The SMILES string of the molecule is Cc1ccc([N+](=O)[O-])cc1S(=O)(=O)N1CCC(c2nnc(C3CC3)s2)CC1. The highest BCUT2D eigenvalue weighted by molar-refractivity contribution is 7.89. The van der Waals surface area contributed by atoms with E-state index >= 15 is 0 Å². The van der Waals surface area contributed by atoms with E-state index in [-0.39, 0.29) is 16.5 Å². The number of aryl methyl sites for hydroxylation is 1. The molecule has 1 aliphatic carbocycles. The van der Waals surface area contributed by atoms with Crippen LogP contribution in [0.4, 0.5) is 5.69 Å². The van der Waals surface area contributed by atoms with Crippen LogP contribution >= 0.6 is 11.3 Å². The van der Waals surface area contributed by atoms with Gasteiger partial charge in [-0.25, -0.2) is 8.42 Å². The third kappa shape index (κ3) is 3.61. The Morgan fingerprint density at radius 2 is 1.70 bits per heavy atom. The van der Waals surface area contributed by atoms with Gasteiger partial charge >= 0.3 is 0 Å². The number of hydrogen-bond acceptors (Lipinski definition) is 7. The zero-order chi connectivity index (χ0) is 19.2. The van der Waals surface area contributed by atoms with Gasteiger partial charge in [0.05, 0.1) is 9.82 Å². The van der Waals surface area contributed by atoms with Crippen LogP contribution in [-0.4, -0.2) is 40.9 Å². The summed E-state index contributed by atoms with van der Waals surface area (Å²) < 4.78 is 27.4. The van der Waals surface area contributed by atoms with Crippen LogP contribution in [0.5, 0.6) is 0 Å². The minimum atomic E-state index is -3.76. The number of rotatable bonds is 5. The van der Waals surface area contributed by atoms with Crippen LogP contribution in [-0.2, 0) is 10.0 Å². The average Bonchev–Trinajstić information content (AvgIpc) is 3.39. The Balaban J connectivity index is 1.49. The number of aromatic nitrogens is 2. The van der Waals surface area contributed by atoms with Crippen molar-refractivity contribution in [1.29, 1.82) is 0 Å². The molecule has 2 aromatic rings. The van der Waals surface area contributed by atoms with Crippen LogP contribution in [0.2, 0.25) is 0 Å². The third-order valence-electron chi connectivity index (χ3n) is 5.19. The van der Waals surface area contributed by atoms with Gasteiger partial charge in [0.15, 0.2) is 0 Å². The molecule has 0 N–H and O–H groups in total. The van der Waals surface area contributed by atoms with E-state index in [2.05, 4.69) is 10.2 Å². The molecule has 1 aromatic carbocycles. The smallest absolute Gasteiger partial charge is 0.258 e. The minimum absolute atomic E-state index is 0.0158. The lowest BCUT2D eigenvalue weighted by atomic mass is 9.99. The van der Waals surface area contributed by atoms with Gasteiger partial charge in [0, 0.05) is 37.1 Å². The maximum Gasteiger partial charge on any atom is 0.270 e. The van der Waals surface area contributed by atoms with E-state index in [1.165, 1.54) is 29.3 Å². The molecular formula is C17H20N4O4S2. The van der Waals surface area contributed by atoms with Crippen LogP contribution in [0.1, 0.15) is 53.1 Å². The fourth-order valence-electron chi connectivity index (χ4n) is 3.37. The summed E-state index contributed by atoms with van der Waals surface area (Å²) in [5, 5.41) is 21.7. The fraction of sp³-hybridized carbons (Fsp3) is 0.529. The van der Waals surface area contributed by atoms with Gasteiger partial charge in [0.25, 0.3) is 5.69 Å². The molecule has 0 atom stereocenters. The van der Waals surface area contributed by atoms with Gasteiger partial charge < -0.3 is 0 Å². The van der Waals surface area contributed by atoms with Crippen LogP contribution in [0.15, 0.2) is 23.1 Å². The molecule has 0 bridgehead atoms. The van der Waals surface area contributed by atoms with Crippen molar-refractivity contribution in [2.45, 2.75) is 49.3 Å². The molecule has 1 aromatic heterocycles. The maximum absolute atomic E-state index is 13.0. The molecule has 1 aliphatic heterocycles. The van der Waals surface area contributed by atoms with E-state index < -0.39 is 14.9 Å². The first kappa shape index (κ1) is 18.5. The summed E-state index contributed by atoms with van der Waals surface area (Å²) in [7, 11) is -3.76. The van der Waals surface area contributed by atoms with Crippen molar-refractivity contribution in [3.63, 3.8) is 0 Å². The summed E-state index contributed by atoms with van der Waals surface area (Å²) in [5.41, 5.74) is 0.302. The highest BCUT2D eigenvalue weighted by Gasteiger charge is 2.34. The standard InChI is InChI=1S/C17H20N4O4S2/c1-11-2-5-14(21(22)23)10-15(11)27(24,25)20-8-6-13(7-9-20)17-19-18-16(26-17)12-3-4-12/h2,5,10,12-13H,3-4,6-9H2,1H3. The Kier molecular flexibility index (Phi) is 4.73. The van der Waals surface area contributed by atoms with Gasteiger partial charge in [-0.1, -0.05) is 6.07 Å². The van der Waals surface area contributed by atoms with Crippen molar-refractivity contribution in [3.05, 3.63) is 43.9 Å². The molecule has 0 radical (unpaired) electrons. The molecule has 2 aliphatic rings. The Labute approximate surface area is 161 Å². The number of non-ortho nitro benzene ring substituents is 1. The summed E-state index contributed by atoms with van der Waals surface area (Å²) in [6, 6.07) is 3.97. The summed E-state index contributed by atoms with van der Waals surface area (Å²) in [4.78, 5) is 10.5. The van der Waals surface area contributed by atoms with E-state index in [0.717, 1.165) is 16.1 Å². The van der Waals surface area contributed by atoms with Crippen LogP contribution < -0.4 is 0 Å². The normalized spacial score (nSPS) is 19.3. The number of hydrogen-bond donors (Lipinski definition) is 0. The zero-order valence-electron chi connectivity index (χ0n) is 14.9. The lowest BCUT2D eigenvalue weighted by molar-refractivity contribution is -0.385. The Morgan fingerprint density at radius 1 is 1.11 bits per heavy atom. The Bertz CT molecular complexity index is 977. The first-order valence-corrected chi connectivity index (χ1v) is 11.2. The van der Waals surface area contributed by atoms with E-state index in [4.69, 9.17) is 0 Å². The molecule has 144 valence electrons. The highest BCUT2D eigenvalue weighted by Crippen LogP contribution is 2.43. The maximum atomic E-state index is 13.0. The van der Waals surface area contributed by atoms with Crippen molar-refractivity contribution in [1.82, 2.24) is 14.5 Å². The van der Waals surface area contributed by atoms with Crippen LogP contribution in [0.25, 0.3) is 0 Å². The summed E-state index contributed by atoms with van der Waals surface area (Å²) in [5.74, 6) is 0.807. The van der Waals surface area contributed by atoms with Gasteiger partial charge in [-0.2, -0.15) is 4.31 Å². The summed E-state index contributed by atoms with van der Waals surface area (Å²) in [6.07, 6.45) is 3.75. The van der Waals surface area contributed by atoms with Gasteiger partial charge in [-0.15, -0.1) is 21.5 Å². The quantitative estimate of drug-likeness (QED) is 0.555. The average molecular weight is 409 g/mol. The molecule has 0 spiro atoms. The second-order valence-corrected chi connectivity index (χ2v) is 10.1. The lowest BCUT2D eigenvalue weighted by Gasteiger charge is -2.30. The summed E-state index contributed by atoms with van der Waals surface area (Å²) >= 11 is 1.66. The number of nitro groups is 1. The predicted octanol–water partition coefficient (Wildman–Crippen LogP) is 3.20. The molecule has 0 unspecified atom stereocenters. The third-order valence-corrected chi connectivity index (χ3v) is 8.48. The van der Waals surface area contributed by atoms with Gasteiger partial charge in [-0.3, -0.25) is 10.1 Å².